The lowest BCUT2D eigenvalue weighted by atomic mass is 9.99. The normalized spacial score (nSPS) is 17.1. The lowest BCUT2D eigenvalue weighted by Crippen LogP contribution is -2.40. The van der Waals surface area contributed by atoms with Gasteiger partial charge in [0, 0.05) is 49.2 Å². The second-order valence-electron chi connectivity index (χ2n) is 9.83. The number of hydrogen-bond donors (Lipinski definition) is 2. The van der Waals surface area contributed by atoms with Crippen LogP contribution < -0.4 is 5.73 Å². The van der Waals surface area contributed by atoms with Gasteiger partial charge in [-0.15, -0.1) is 0 Å². The summed E-state index contributed by atoms with van der Waals surface area (Å²) < 4.78 is 10.8. The standard InChI is InChI=1S/C30H34N4O4/c1-20(23-5-3-4-22(17-23)19-33-8-12-37-13-9-33)16-26(29(31)35)28-21(2)25-7-6-24(18-27(25)32-28)30(36)34-10-14-38-15-11-34/h3-7,16-18,32H,1,8-15,19H2,2H3,(H2,31,35)/b26-16+. The molecule has 1 aromatic heterocycles. The molecule has 2 aliphatic heterocycles. The molecule has 2 aromatic carbocycles. The van der Waals surface area contributed by atoms with Gasteiger partial charge in [-0.1, -0.05) is 30.8 Å². The number of carbonyl (C=O) groups excluding carboxylic acids is 2. The van der Waals surface area contributed by atoms with Crippen molar-refractivity contribution in [2.45, 2.75) is 13.5 Å². The highest BCUT2D eigenvalue weighted by atomic mass is 16.5. The van der Waals surface area contributed by atoms with Gasteiger partial charge in [0.1, 0.15) is 0 Å². The fourth-order valence-corrected chi connectivity index (χ4v) is 5.10. The summed E-state index contributed by atoms with van der Waals surface area (Å²) in [5, 5.41) is 0.934. The molecule has 8 nitrogen and oxygen atoms in total. The molecule has 2 fully saturated rings. The molecular weight excluding hydrogens is 480 g/mol. The molecule has 0 atom stereocenters. The maximum atomic E-state index is 13.0. The van der Waals surface area contributed by atoms with Crippen molar-refractivity contribution in [2.24, 2.45) is 5.73 Å². The van der Waals surface area contributed by atoms with E-state index < -0.39 is 5.91 Å². The van der Waals surface area contributed by atoms with Crippen molar-refractivity contribution in [2.75, 3.05) is 52.6 Å². The van der Waals surface area contributed by atoms with Crippen LogP contribution in [0.25, 0.3) is 22.0 Å². The largest absolute Gasteiger partial charge is 0.379 e. The first-order chi connectivity index (χ1) is 18.4. The Labute approximate surface area is 222 Å². The Morgan fingerprint density at radius 1 is 1.00 bits per heavy atom. The van der Waals surface area contributed by atoms with Crippen LogP contribution in [0.4, 0.5) is 0 Å². The van der Waals surface area contributed by atoms with Crippen LogP contribution in [-0.2, 0) is 20.8 Å². The van der Waals surface area contributed by atoms with E-state index in [0.717, 1.165) is 54.9 Å². The van der Waals surface area contributed by atoms with Gasteiger partial charge >= 0.3 is 0 Å². The number of hydrogen-bond acceptors (Lipinski definition) is 5. The number of primary amides is 1. The highest BCUT2D eigenvalue weighted by Gasteiger charge is 2.21. The van der Waals surface area contributed by atoms with Crippen LogP contribution in [0.2, 0.25) is 0 Å². The minimum Gasteiger partial charge on any atom is -0.379 e. The van der Waals surface area contributed by atoms with Gasteiger partial charge in [-0.3, -0.25) is 14.5 Å². The molecule has 0 aliphatic carbocycles. The summed E-state index contributed by atoms with van der Waals surface area (Å²) in [5.41, 5.74) is 11.9. The first-order valence-electron chi connectivity index (χ1n) is 13.0. The van der Waals surface area contributed by atoms with E-state index in [1.165, 1.54) is 5.56 Å². The number of amides is 2. The molecule has 0 saturated carbocycles. The summed E-state index contributed by atoms with van der Waals surface area (Å²) in [5.74, 6) is -0.574. The van der Waals surface area contributed by atoms with E-state index in [1.807, 2.05) is 37.3 Å². The molecule has 0 radical (unpaired) electrons. The molecule has 2 amide bonds. The van der Waals surface area contributed by atoms with Gasteiger partial charge in [-0.05, 0) is 53.5 Å². The molecule has 2 saturated heterocycles. The summed E-state index contributed by atoms with van der Waals surface area (Å²) in [4.78, 5) is 33.1. The minimum atomic E-state index is -0.546. The monoisotopic (exact) mass is 514 g/mol. The molecule has 3 N–H and O–H groups in total. The molecule has 3 aromatic rings. The average molecular weight is 515 g/mol. The van der Waals surface area contributed by atoms with E-state index in [1.54, 1.807) is 11.0 Å². The van der Waals surface area contributed by atoms with Crippen LogP contribution in [0.5, 0.6) is 0 Å². The number of nitrogens with one attached hydrogen (secondary N) is 1. The number of carbonyl (C=O) groups is 2. The predicted octanol–water partition coefficient (Wildman–Crippen LogP) is 3.36. The SMILES string of the molecule is C=C(/C=C(/C(N)=O)c1[nH]c2cc(C(=O)N3CCOCC3)ccc2c1C)c1cccc(CN2CCOCC2)c1. The van der Waals surface area contributed by atoms with E-state index in [2.05, 4.69) is 28.6 Å². The van der Waals surface area contributed by atoms with Crippen molar-refractivity contribution in [1.82, 2.24) is 14.8 Å². The molecule has 3 heterocycles. The van der Waals surface area contributed by atoms with E-state index in [-0.39, 0.29) is 5.91 Å². The zero-order valence-electron chi connectivity index (χ0n) is 21.8. The molecule has 0 bridgehead atoms. The number of allylic oxidation sites excluding steroid dienone is 2. The summed E-state index contributed by atoms with van der Waals surface area (Å²) in [6.07, 6.45) is 1.74. The van der Waals surface area contributed by atoms with Gasteiger partial charge in [0.15, 0.2) is 0 Å². The number of ether oxygens (including phenoxy) is 2. The van der Waals surface area contributed by atoms with Gasteiger partial charge in [-0.25, -0.2) is 0 Å². The molecule has 198 valence electrons. The number of morpholine rings is 2. The predicted molar refractivity (Wildman–Crippen MR) is 149 cm³/mol. The number of H-pyrrole nitrogens is 1. The number of rotatable bonds is 7. The highest BCUT2D eigenvalue weighted by molar-refractivity contribution is 6.21. The van der Waals surface area contributed by atoms with Crippen LogP contribution in [-0.4, -0.2) is 79.2 Å². The lowest BCUT2D eigenvalue weighted by molar-refractivity contribution is -0.112. The fourth-order valence-electron chi connectivity index (χ4n) is 5.10. The van der Waals surface area contributed by atoms with Gasteiger partial charge in [-0.2, -0.15) is 0 Å². The quantitative estimate of drug-likeness (QED) is 0.372. The van der Waals surface area contributed by atoms with Gasteiger partial charge in [0.05, 0.1) is 37.7 Å². The van der Waals surface area contributed by atoms with Crippen LogP contribution in [0.3, 0.4) is 0 Å². The third-order valence-electron chi connectivity index (χ3n) is 7.26. The first-order valence-corrected chi connectivity index (χ1v) is 13.0. The zero-order chi connectivity index (χ0) is 26.6. The topological polar surface area (TPSA) is 101 Å². The molecule has 38 heavy (non-hydrogen) atoms. The third-order valence-corrected chi connectivity index (χ3v) is 7.26. The third kappa shape index (κ3) is 5.57. The summed E-state index contributed by atoms with van der Waals surface area (Å²) in [6.45, 7) is 12.6. The Bertz CT molecular complexity index is 1390. The van der Waals surface area contributed by atoms with Crippen molar-refractivity contribution in [3.63, 3.8) is 0 Å². The van der Waals surface area contributed by atoms with Crippen molar-refractivity contribution in [1.29, 1.82) is 0 Å². The number of benzene rings is 2. The molecule has 0 unspecified atom stereocenters. The Morgan fingerprint density at radius 3 is 2.42 bits per heavy atom. The maximum Gasteiger partial charge on any atom is 0.254 e. The van der Waals surface area contributed by atoms with Crippen LogP contribution >= 0.6 is 0 Å². The molecule has 8 heteroatoms. The summed E-state index contributed by atoms with van der Waals surface area (Å²) in [6, 6.07) is 13.8. The maximum absolute atomic E-state index is 13.0. The van der Waals surface area contributed by atoms with Crippen LogP contribution in [0.1, 0.15) is 32.7 Å². The number of nitrogens with two attached hydrogens (primary N) is 1. The Morgan fingerprint density at radius 2 is 1.71 bits per heavy atom. The molecular formula is C30H34N4O4. The van der Waals surface area contributed by atoms with E-state index >= 15 is 0 Å². The second kappa shape index (κ2) is 11.3. The molecule has 0 spiro atoms. The molecule has 5 rings (SSSR count). The van der Waals surface area contributed by atoms with E-state index in [9.17, 15) is 9.59 Å². The summed E-state index contributed by atoms with van der Waals surface area (Å²) >= 11 is 0. The summed E-state index contributed by atoms with van der Waals surface area (Å²) in [7, 11) is 0. The van der Waals surface area contributed by atoms with Gasteiger partial charge in [0.2, 0.25) is 0 Å². The number of aromatic amines is 1. The van der Waals surface area contributed by atoms with Crippen molar-refractivity contribution >= 4 is 33.9 Å². The van der Waals surface area contributed by atoms with Crippen LogP contribution in [0, 0.1) is 6.92 Å². The second-order valence-corrected chi connectivity index (χ2v) is 9.83. The smallest absolute Gasteiger partial charge is 0.254 e. The number of nitrogens with zero attached hydrogens (tertiary/aromatic N) is 2. The Kier molecular flexibility index (Phi) is 7.74. The average Bonchev–Trinajstić information content (AvgIpc) is 3.27. The fraction of sp³-hybridized carbons (Fsp3) is 0.333. The highest BCUT2D eigenvalue weighted by Crippen LogP contribution is 2.30. The lowest BCUT2D eigenvalue weighted by Gasteiger charge is -2.26. The van der Waals surface area contributed by atoms with Crippen molar-refractivity contribution < 1.29 is 19.1 Å². The van der Waals surface area contributed by atoms with Crippen molar-refractivity contribution in [3.8, 4) is 0 Å². The van der Waals surface area contributed by atoms with Crippen molar-refractivity contribution in [3.05, 3.63) is 83.1 Å². The Balaban J connectivity index is 1.41. The van der Waals surface area contributed by atoms with Gasteiger partial charge in [0.25, 0.3) is 11.8 Å². The van der Waals surface area contributed by atoms with Gasteiger partial charge < -0.3 is 25.1 Å². The first kappa shape index (κ1) is 25.9. The van der Waals surface area contributed by atoms with Crippen LogP contribution in [0.15, 0.2) is 55.1 Å². The number of aromatic nitrogens is 1. The van der Waals surface area contributed by atoms with E-state index in [0.29, 0.717) is 48.7 Å². The zero-order valence-corrected chi connectivity index (χ0v) is 21.8. The minimum absolute atomic E-state index is 0.0278. The number of fused-ring (bicyclic) bond motifs is 1. The Hall–Kier alpha value is -3.72. The molecule has 2 aliphatic rings. The number of aryl methyl sites for hydroxylation is 1. The van der Waals surface area contributed by atoms with E-state index in [4.69, 9.17) is 15.2 Å².